The van der Waals surface area contributed by atoms with Crippen LogP contribution in [-0.2, 0) is 30.6 Å². The van der Waals surface area contributed by atoms with Gasteiger partial charge in [0.2, 0.25) is 5.91 Å². The summed E-state index contributed by atoms with van der Waals surface area (Å²) in [6.45, 7) is 2.89. The molecule has 2 heterocycles. The predicted molar refractivity (Wildman–Crippen MR) is 110 cm³/mol. The van der Waals surface area contributed by atoms with Crippen LogP contribution >= 0.6 is 0 Å². The van der Waals surface area contributed by atoms with E-state index >= 15 is 0 Å². The lowest BCUT2D eigenvalue weighted by Gasteiger charge is -2.16. The Bertz CT molecular complexity index is 993. The highest BCUT2D eigenvalue weighted by Crippen LogP contribution is 2.30. The van der Waals surface area contributed by atoms with E-state index < -0.39 is 0 Å². The second-order valence-electron chi connectivity index (χ2n) is 8.18. The van der Waals surface area contributed by atoms with E-state index in [0.717, 1.165) is 55.4 Å². The number of fused-ring (bicyclic) bond motifs is 2. The number of nitrogens with one attached hydrogen (secondary N) is 1. The van der Waals surface area contributed by atoms with Crippen molar-refractivity contribution in [1.29, 1.82) is 0 Å². The minimum Gasteiger partial charge on any atom is -0.464 e. The van der Waals surface area contributed by atoms with E-state index in [4.69, 9.17) is 4.42 Å². The lowest BCUT2D eigenvalue weighted by Crippen LogP contribution is -2.37. The Labute approximate surface area is 165 Å². The number of likely N-dealkylation sites (tertiary alicyclic amines) is 1. The Morgan fingerprint density at radius 2 is 1.96 bits per heavy atom. The van der Waals surface area contributed by atoms with Crippen molar-refractivity contribution in [3.63, 3.8) is 0 Å². The molecule has 0 bridgehead atoms. The number of furan rings is 1. The van der Waals surface area contributed by atoms with Gasteiger partial charge < -0.3 is 9.73 Å². The molecule has 0 spiro atoms. The summed E-state index contributed by atoms with van der Waals surface area (Å²) in [5, 5.41) is 4.33. The van der Waals surface area contributed by atoms with Crippen molar-refractivity contribution in [2.75, 3.05) is 13.1 Å². The van der Waals surface area contributed by atoms with E-state index in [2.05, 4.69) is 46.6 Å². The summed E-state index contributed by atoms with van der Waals surface area (Å²) in [6, 6.07) is 15.2. The molecule has 4 nitrogen and oxygen atoms in total. The van der Waals surface area contributed by atoms with Crippen molar-refractivity contribution in [3.8, 4) is 0 Å². The second kappa shape index (κ2) is 7.44. The highest BCUT2D eigenvalue weighted by molar-refractivity contribution is 5.88. The number of hydrogen-bond acceptors (Lipinski definition) is 3. The Morgan fingerprint density at radius 1 is 1.14 bits per heavy atom. The SMILES string of the molecule is O=C(Cc1coc2cc3c(cc12)CCC3)NC1CCN(Cc2ccccc2)C1. The number of amides is 1. The summed E-state index contributed by atoms with van der Waals surface area (Å²) < 4.78 is 5.74. The van der Waals surface area contributed by atoms with E-state index in [1.165, 1.54) is 23.1 Å². The van der Waals surface area contributed by atoms with Gasteiger partial charge in [-0.05, 0) is 54.5 Å². The molecule has 1 fully saturated rings. The zero-order valence-electron chi connectivity index (χ0n) is 16.1. The lowest BCUT2D eigenvalue weighted by molar-refractivity contribution is -0.121. The van der Waals surface area contributed by atoms with E-state index in [1.54, 1.807) is 6.26 Å². The molecule has 1 unspecified atom stereocenters. The second-order valence-corrected chi connectivity index (χ2v) is 8.18. The average molecular weight is 374 g/mol. The molecular formula is C24H26N2O2. The molecule has 0 saturated carbocycles. The van der Waals surface area contributed by atoms with Crippen molar-refractivity contribution in [1.82, 2.24) is 10.2 Å². The quantitative estimate of drug-likeness (QED) is 0.738. The molecule has 4 heteroatoms. The molecule has 5 rings (SSSR count). The molecule has 1 atom stereocenters. The van der Waals surface area contributed by atoms with Crippen molar-refractivity contribution in [3.05, 3.63) is 71.0 Å². The largest absolute Gasteiger partial charge is 0.464 e. The maximum Gasteiger partial charge on any atom is 0.224 e. The van der Waals surface area contributed by atoms with Gasteiger partial charge in [-0.25, -0.2) is 0 Å². The van der Waals surface area contributed by atoms with Crippen LogP contribution in [0.1, 0.15) is 35.1 Å². The van der Waals surface area contributed by atoms with Crippen LogP contribution in [0.2, 0.25) is 0 Å². The first-order valence-electron chi connectivity index (χ1n) is 10.3. The maximum atomic E-state index is 12.6. The van der Waals surface area contributed by atoms with Gasteiger partial charge in [0.15, 0.2) is 0 Å². The molecule has 1 aliphatic heterocycles. The first kappa shape index (κ1) is 17.5. The minimum absolute atomic E-state index is 0.0924. The van der Waals surface area contributed by atoms with Gasteiger partial charge in [0.1, 0.15) is 5.58 Å². The van der Waals surface area contributed by atoms with Crippen molar-refractivity contribution >= 4 is 16.9 Å². The summed E-state index contributed by atoms with van der Waals surface area (Å²) in [4.78, 5) is 15.1. The third kappa shape index (κ3) is 3.57. The molecule has 1 saturated heterocycles. The molecule has 0 radical (unpaired) electrons. The van der Waals surface area contributed by atoms with Gasteiger partial charge in [-0.1, -0.05) is 30.3 Å². The van der Waals surface area contributed by atoms with Crippen LogP contribution in [0.3, 0.4) is 0 Å². The number of rotatable bonds is 5. The van der Waals surface area contributed by atoms with Crippen molar-refractivity contribution in [2.24, 2.45) is 0 Å². The maximum absolute atomic E-state index is 12.6. The van der Waals surface area contributed by atoms with Gasteiger partial charge in [-0.2, -0.15) is 0 Å². The molecule has 1 N–H and O–H groups in total. The highest BCUT2D eigenvalue weighted by atomic mass is 16.3. The van der Waals surface area contributed by atoms with Crippen LogP contribution in [0, 0.1) is 0 Å². The Kier molecular flexibility index (Phi) is 4.65. The van der Waals surface area contributed by atoms with Gasteiger partial charge in [0.25, 0.3) is 0 Å². The number of aryl methyl sites for hydroxylation is 2. The van der Waals surface area contributed by atoms with Crippen LogP contribution in [0.25, 0.3) is 11.0 Å². The summed E-state index contributed by atoms with van der Waals surface area (Å²) in [7, 11) is 0. The number of hydrogen-bond donors (Lipinski definition) is 1. The first-order valence-corrected chi connectivity index (χ1v) is 10.3. The Balaban J connectivity index is 1.20. The molecule has 144 valence electrons. The molecule has 2 aromatic carbocycles. The van der Waals surface area contributed by atoms with Crippen molar-refractivity contribution < 1.29 is 9.21 Å². The molecular weight excluding hydrogens is 348 g/mol. The predicted octanol–water partition coefficient (Wildman–Crippen LogP) is 3.85. The number of benzene rings is 2. The fourth-order valence-corrected chi connectivity index (χ4v) is 4.67. The fourth-order valence-electron chi connectivity index (χ4n) is 4.67. The van der Waals surface area contributed by atoms with Gasteiger partial charge in [-0.15, -0.1) is 0 Å². The normalized spacial score (nSPS) is 19.2. The monoisotopic (exact) mass is 374 g/mol. The van der Waals surface area contributed by atoms with Gasteiger partial charge in [0.05, 0.1) is 12.7 Å². The fraction of sp³-hybridized carbons (Fsp3) is 0.375. The van der Waals surface area contributed by atoms with Crippen LogP contribution in [0.5, 0.6) is 0 Å². The van der Waals surface area contributed by atoms with Crippen LogP contribution in [-0.4, -0.2) is 29.9 Å². The molecule has 1 aliphatic carbocycles. The number of carbonyl (C=O) groups is 1. The smallest absolute Gasteiger partial charge is 0.224 e. The highest BCUT2D eigenvalue weighted by Gasteiger charge is 2.24. The minimum atomic E-state index is 0.0924. The van der Waals surface area contributed by atoms with E-state index in [1.807, 2.05) is 6.07 Å². The zero-order valence-corrected chi connectivity index (χ0v) is 16.1. The molecule has 2 aliphatic rings. The van der Waals surface area contributed by atoms with E-state index in [-0.39, 0.29) is 11.9 Å². The van der Waals surface area contributed by atoms with Gasteiger partial charge in [0, 0.05) is 36.6 Å². The standard InChI is InChI=1S/C24H26N2O2/c27-24(25-21-9-10-26(15-21)14-17-5-2-1-3-6-17)13-20-16-28-23-12-19-8-4-7-18(19)11-22(20)23/h1-3,5-6,11-12,16,21H,4,7-10,13-15H2,(H,25,27). The summed E-state index contributed by atoms with van der Waals surface area (Å²) in [5.74, 6) is 0.0924. The zero-order chi connectivity index (χ0) is 18.9. The summed E-state index contributed by atoms with van der Waals surface area (Å²) in [6.07, 6.45) is 6.66. The van der Waals surface area contributed by atoms with E-state index in [9.17, 15) is 4.79 Å². The molecule has 1 amide bonds. The van der Waals surface area contributed by atoms with E-state index in [0.29, 0.717) is 6.42 Å². The van der Waals surface area contributed by atoms with Gasteiger partial charge in [-0.3, -0.25) is 9.69 Å². The number of nitrogens with zero attached hydrogens (tertiary/aromatic N) is 1. The third-order valence-electron chi connectivity index (χ3n) is 6.11. The van der Waals surface area contributed by atoms with Gasteiger partial charge >= 0.3 is 0 Å². The summed E-state index contributed by atoms with van der Waals surface area (Å²) >= 11 is 0. The third-order valence-corrected chi connectivity index (χ3v) is 6.11. The Hall–Kier alpha value is -2.59. The molecule has 28 heavy (non-hydrogen) atoms. The molecule has 1 aromatic heterocycles. The van der Waals surface area contributed by atoms with Crippen molar-refractivity contribution in [2.45, 2.75) is 44.7 Å². The van der Waals surface area contributed by atoms with Crippen LogP contribution in [0.15, 0.2) is 53.1 Å². The Morgan fingerprint density at radius 3 is 2.82 bits per heavy atom. The molecule has 3 aromatic rings. The summed E-state index contributed by atoms with van der Waals surface area (Å²) in [5.41, 5.74) is 6.07. The lowest BCUT2D eigenvalue weighted by atomic mass is 10.0. The number of carbonyl (C=O) groups excluding carboxylic acids is 1. The first-order chi connectivity index (χ1) is 13.7. The average Bonchev–Trinajstić information content (AvgIpc) is 3.42. The topological polar surface area (TPSA) is 45.5 Å². The van der Waals surface area contributed by atoms with Crippen LogP contribution in [0.4, 0.5) is 0 Å². The van der Waals surface area contributed by atoms with Crippen LogP contribution < -0.4 is 5.32 Å².